The lowest BCUT2D eigenvalue weighted by atomic mass is 9.94. The first kappa shape index (κ1) is 14.3. The molecule has 1 aromatic carbocycles. The molecule has 2 rings (SSSR count). The molecular formula is C15H21F2NO. The predicted octanol–water partition coefficient (Wildman–Crippen LogP) is 3.83. The number of halogens is 2. The Morgan fingerprint density at radius 2 is 1.74 bits per heavy atom. The van der Waals surface area contributed by atoms with Crippen LogP contribution in [0.25, 0.3) is 0 Å². The number of benzene rings is 1. The highest BCUT2D eigenvalue weighted by molar-refractivity contribution is 5.30. The zero-order valence-electron chi connectivity index (χ0n) is 11.3. The van der Waals surface area contributed by atoms with E-state index in [1.165, 1.54) is 31.4 Å². The average molecular weight is 269 g/mol. The van der Waals surface area contributed by atoms with Crippen molar-refractivity contribution in [2.75, 3.05) is 6.54 Å². The lowest BCUT2D eigenvalue weighted by molar-refractivity contribution is 0.155. The summed E-state index contributed by atoms with van der Waals surface area (Å²) in [4.78, 5) is 2.27. The Morgan fingerprint density at radius 1 is 1.16 bits per heavy atom. The Hall–Kier alpha value is -1.16. The van der Waals surface area contributed by atoms with Gasteiger partial charge in [0.2, 0.25) is 0 Å². The first-order valence-electron chi connectivity index (χ1n) is 7.02. The normalized spacial score (nSPS) is 17.1. The monoisotopic (exact) mass is 269 g/mol. The number of phenolic OH excluding ortho intramolecular Hbond substituents is 1. The van der Waals surface area contributed by atoms with Crippen LogP contribution in [0.5, 0.6) is 5.75 Å². The van der Waals surface area contributed by atoms with Gasteiger partial charge in [0.05, 0.1) is 0 Å². The van der Waals surface area contributed by atoms with E-state index < -0.39 is 17.4 Å². The van der Waals surface area contributed by atoms with E-state index in [1.54, 1.807) is 0 Å². The molecule has 2 nitrogen and oxygen atoms in total. The minimum absolute atomic E-state index is 0.513. The zero-order chi connectivity index (χ0) is 13.8. The molecule has 0 amide bonds. The molecule has 106 valence electrons. The minimum Gasteiger partial charge on any atom is -0.503 e. The van der Waals surface area contributed by atoms with Crippen LogP contribution in [0.2, 0.25) is 0 Å². The summed E-state index contributed by atoms with van der Waals surface area (Å²) >= 11 is 0. The quantitative estimate of drug-likeness (QED) is 0.898. The lowest BCUT2D eigenvalue weighted by Crippen LogP contribution is -2.36. The van der Waals surface area contributed by atoms with Crippen molar-refractivity contribution in [1.29, 1.82) is 0 Å². The molecule has 19 heavy (non-hydrogen) atoms. The van der Waals surface area contributed by atoms with Crippen molar-refractivity contribution in [2.24, 2.45) is 0 Å². The topological polar surface area (TPSA) is 23.5 Å². The summed E-state index contributed by atoms with van der Waals surface area (Å²) in [6.07, 6.45) is 6.09. The average Bonchev–Trinajstić information content (AvgIpc) is 2.43. The molecule has 1 aliphatic rings. The molecule has 0 heterocycles. The zero-order valence-corrected chi connectivity index (χ0v) is 11.3. The van der Waals surface area contributed by atoms with Crippen molar-refractivity contribution in [3.05, 3.63) is 29.3 Å². The van der Waals surface area contributed by atoms with Crippen LogP contribution < -0.4 is 0 Å². The molecule has 0 saturated heterocycles. The van der Waals surface area contributed by atoms with E-state index in [9.17, 15) is 8.78 Å². The molecule has 1 fully saturated rings. The van der Waals surface area contributed by atoms with Gasteiger partial charge in [-0.1, -0.05) is 26.2 Å². The van der Waals surface area contributed by atoms with Crippen LogP contribution in [-0.2, 0) is 6.54 Å². The van der Waals surface area contributed by atoms with Crippen LogP contribution in [0.1, 0.15) is 44.6 Å². The highest BCUT2D eigenvalue weighted by atomic mass is 19.1. The lowest BCUT2D eigenvalue weighted by Gasteiger charge is -2.33. The van der Waals surface area contributed by atoms with E-state index in [0.717, 1.165) is 19.4 Å². The van der Waals surface area contributed by atoms with Crippen molar-refractivity contribution < 1.29 is 13.9 Å². The standard InChI is InChI=1S/C15H21F2NO/c1-2-18(12-6-4-3-5-7-12)10-11-8-13(16)15(19)14(17)9-11/h8-9,12,19H,2-7,10H2,1H3. The van der Waals surface area contributed by atoms with E-state index in [2.05, 4.69) is 11.8 Å². The van der Waals surface area contributed by atoms with Crippen LogP contribution in [0.4, 0.5) is 8.78 Å². The summed E-state index contributed by atoms with van der Waals surface area (Å²) in [6.45, 7) is 3.48. The maximum absolute atomic E-state index is 13.3. The second-order valence-corrected chi connectivity index (χ2v) is 5.26. The Kier molecular flexibility index (Phi) is 4.75. The van der Waals surface area contributed by atoms with Gasteiger partial charge in [0.1, 0.15) is 0 Å². The molecule has 0 aliphatic heterocycles. The molecule has 1 N–H and O–H groups in total. The van der Waals surface area contributed by atoms with Gasteiger partial charge in [-0.2, -0.15) is 0 Å². The molecule has 0 unspecified atom stereocenters. The Bertz CT molecular complexity index is 407. The fourth-order valence-electron chi connectivity index (χ4n) is 2.89. The fraction of sp³-hybridized carbons (Fsp3) is 0.600. The molecule has 0 atom stereocenters. The third-order valence-corrected chi connectivity index (χ3v) is 3.96. The number of hydrogen-bond donors (Lipinski definition) is 1. The maximum Gasteiger partial charge on any atom is 0.187 e. The fourth-order valence-corrected chi connectivity index (χ4v) is 2.89. The Labute approximate surface area is 113 Å². The molecule has 0 radical (unpaired) electrons. The SMILES string of the molecule is CCN(Cc1cc(F)c(O)c(F)c1)C1CCCCC1. The third-order valence-electron chi connectivity index (χ3n) is 3.96. The summed E-state index contributed by atoms with van der Waals surface area (Å²) < 4.78 is 26.7. The van der Waals surface area contributed by atoms with E-state index in [4.69, 9.17) is 5.11 Å². The van der Waals surface area contributed by atoms with Crippen molar-refractivity contribution >= 4 is 0 Å². The van der Waals surface area contributed by atoms with E-state index in [1.807, 2.05) is 0 Å². The predicted molar refractivity (Wildman–Crippen MR) is 71.0 cm³/mol. The van der Waals surface area contributed by atoms with Gasteiger partial charge in [0.15, 0.2) is 17.4 Å². The summed E-state index contributed by atoms with van der Waals surface area (Å²) in [5, 5.41) is 9.11. The van der Waals surface area contributed by atoms with Crippen LogP contribution in [-0.4, -0.2) is 22.6 Å². The van der Waals surface area contributed by atoms with Gasteiger partial charge in [-0.15, -0.1) is 0 Å². The second-order valence-electron chi connectivity index (χ2n) is 5.26. The minimum atomic E-state index is -0.885. The summed E-state index contributed by atoms with van der Waals surface area (Å²) in [7, 11) is 0. The van der Waals surface area contributed by atoms with E-state index >= 15 is 0 Å². The highest BCUT2D eigenvalue weighted by Gasteiger charge is 2.20. The number of aromatic hydroxyl groups is 1. The second kappa shape index (κ2) is 6.33. The van der Waals surface area contributed by atoms with Crippen LogP contribution in [0.15, 0.2) is 12.1 Å². The van der Waals surface area contributed by atoms with Gasteiger partial charge in [0, 0.05) is 12.6 Å². The molecule has 0 aromatic heterocycles. The highest BCUT2D eigenvalue weighted by Crippen LogP contribution is 2.26. The largest absolute Gasteiger partial charge is 0.503 e. The van der Waals surface area contributed by atoms with Gasteiger partial charge in [-0.05, 0) is 37.1 Å². The van der Waals surface area contributed by atoms with Gasteiger partial charge < -0.3 is 5.11 Å². The number of rotatable bonds is 4. The van der Waals surface area contributed by atoms with Gasteiger partial charge in [-0.25, -0.2) is 8.78 Å². The van der Waals surface area contributed by atoms with Crippen molar-refractivity contribution in [2.45, 2.75) is 51.6 Å². The Morgan fingerprint density at radius 3 is 2.26 bits per heavy atom. The Balaban J connectivity index is 2.09. The maximum atomic E-state index is 13.3. The van der Waals surface area contributed by atoms with E-state index in [0.29, 0.717) is 18.2 Å². The molecule has 1 aliphatic carbocycles. The smallest absolute Gasteiger partial charge is 0.187 e. The van der Waals surface area contributed by atoms with Crippen LogP contribution in [0, 0.1) is 11.6 Å². The van der Waals surface area contributed by atoms with Crippen LogP contribution in [0.3, 0.4) is 0 Å². The number of nitrogens with zero attached hydrogens (tertiary/aromatic N) is 1. The first-order valence-corrected chi connectivity index (χ1v) is 7.02. The van der Waals surface area contributed by atoms with Crippen molar-refractivity contribution in [1.82, 2.24) is 4.90 Å². The molecule has 1 saturated carbocycles. The summed E-state index contributed by atoms with van der Waals surface area (Å²) in [6, 6.07) is 2.96. The van der Waals surface area contributed by atoms with Gasteiger partial charge in [-0.3, -0.25) is 4.90 Å². The van der Waals surface area contributed by atoms with Gasteiger partial charge in [0.25, 0.3) is 0 Å². The first-order chi connectivity index (χ1) is 9.11. The van der Waals surface area contributed by atoms with E-state index in [-0.39, 0.29) is 0 Å². The molecule has 0 bridgehead atoms. The van der Waals surface area contributed by atoms with Crippen molar-refractivity contribution in [3.8, 4) is 5.75 Å². The number of hydrogen-bond acceptors (Lipinski definition) is 2. The summed E-state index contributed by atoms with van der Waals surface area (Å²) in [5.74, 6) is -2.64. The van der Waals surface area contributed by atoms with Crippen LogP contribution >= 0.6 is 0 Å². The van der Waals surface area contributed by atoms with Gasteiger partial charge >= 0.3 is 0 Å². The summed E-state index contributed by atoms with van der Waals surface area (Å²) in [5.41, 5.74) is 0.584. The molecule has 1 aromatic rings. The molecule has 0 spiro atoms. The number of phenols is 1. The molecule has 4 heteroatoms. The third kappa shape index (κ3) is 3.44. The van der Waals surface area contributed by atoms with Crippen molar-refractivity contribution in [3.63, 3.8) is 0 Å². The molecular weight excluding hydrogens is 248 g/mol.